The van der Waals surface area contributed by atoms with Crippen molar-refractivity contribution in [2.75, 3.05) is 4.90 Å². The minimum absolute atomic E-state index is 0.286. The second-order valence-electron chi connectivity index (χ2n) is 7.92. The van der Waals surface area contributed by atoms with E-state index in [1.807, 2.05) is 36.4 Å². The molecule has 0 atom stereocenters. The minimum Gasteiger partial charge on any atom is -0.268 e. The molecule has 31 heavy (non-hydrogen) atoms. The van der Waals surface area contributed by atoms with Crippen LogP contribution in [0.2, 0.25) is 5.02 Å². The van der Waals surface area contributed by atoms with Gasteiger partial charge in [0, 0.05) is 23.8 Å². The van der Waals surface area contributed by atoms with Crippen LogP contribution in [0.4, 0.5) is 5.69 Å². The summed E-state index contributed by atoms with van der Waals surface area (Å²) in [5.74, 6) is -0.386. The molecule has 1 aliphatic rings. The normalized spacial score (nSPS) is 13.5. The van der Waals surface area contributed by atoms with Crippen molar-refractivity contribution in [3.8, 4) is 11.3 Å². The van der Waals surface area contributed by atoms with Crippen molar-refractivity contribution >= 4 is 40.1 Å². The van der Waals surface area contributed by atoms with Gasteiger partial charge in [0.05, 0.1) is 22.2 Å². The number of halogens is 1. The van der Waals surface area contributed by atoms with Crippen LogP contribution < -0.4 is 4.90 Å². The number of rotatable bonds is 3. The second-order valence-corrected chi connectivity index (χ2v) is 8.35. The number of carbonyl (C=O) groups excluding carboxylic acids is 2. The Kier molecular flexibility index (Phi) is 4.41. The number of anilines is 1. The van der Waals surface area contributed by atoms with E-state index in [1.165, 1.54) is 11.1 Å². The first-order chi connectivity index (χ1) is 14.9. The monoisotopic (exact) mass is 430 g/mol. The third-order valence-corrected chi connectivity index (χ3v) is 5.89. The SMILES string of the molecule is CC(C)c1ccc(N2C(=O)c3cnc4c(c(-c5ccc(Cl)cc5)nn4C)c3C2=O)cc1. The summed E-state index contributed by atoms with van der Waals surface area (Å²) in [6.45, 7) is 4.19. The first-order valence-corrected chi connectivity index (χ1v) is 10.3. The molecule has 2 aromatic carbocycles. The zero-order chi connectivity index (χ0) is 21.9. The second kappa shape index (κ2) is 7.03. The number of nitrogens with zero attached hydrogens (tertiary/aromatic N) is 4. The average molecular weight is 431 g/mol. The molecule has 2 aromatic heterocycles. The molecule has 0 bridgehead atoms. The number of fused-ring (bicyclic) bond motifs is 3. The fraction of sp³-hybridized carbons (Fsp3) is 0.167. The molecular weight excluding hydrogens is 412 g/mol. The van der Waals surface area contributed by atoms with Gasteiger partial charge in [0.25, 0.3) is 11.8 Å². The Hall–Kier alpha value is -3.51. The van der Waals surface area contributed by atoms with Gasteiger partial charge in [0.2, 0.25) is 0 Å². The van der Waals surface area contributed by atoms with Crippen LogP contribution in [-0.2, 0) is 7.05 Å². The standard InChI is InChI=1S/C24H19ClN4O2/c1-13(2)14-6-10-17(11-7-14)29-23(30)18-12-26-22-20(19(18)24(29)31)21(27-28(22)3)15-4-8-16(25)9-5-15/h4-13H,1-3H3. The maximum Gasteiger partial charge on any atom is 0.267 e. The molecule has 4 aromatic rings. The summed E-state index contributed by atoms with van der Waals surface area (Å²) < 4.78 is 1.62. The topological polar surface area (TPSA) is 68.1 Å². The van der Waals surface area contributed by atoms with Gasteiger partial charge in [-0.1, -0.05) is 49.7 Å². The Balaban J connectivity index is 1.69. The third kappa shape index (κ3) is 2.94. The molecule has 1 aliphatic heterocycles. The van der Waals surface area contributed by atoms with E-state index in [0.29, 0.717) is 38.9 Å². The fourth-order valence-corrected chi connectivity index (χ4v) is 4.11. The number of aromatic nitrogens is 3. The predicted octanol–water partition coefficient (Wildman–Crippen LogP) is 5.21. The molecule has 0 unspecified atom stereocenters. The molecule has 0 saturated carbocycles. The number of amides is 2. The number of pyridine rings is 1. The number of carbonyl (C=O) groups is 2. The summed E-state index contributed by atoms with van der Waals surface area (Å²) in [4.78, 5) is 32.4. The van der Waals surface area contributed by atoms with Crippen molar-refractivity contribution < 1.29 is 9.59 Å². The fourth-order valence-electron chi connectivity index (χ4n) is 3.98. The van der Waals surface area contributed by atoms with Crippen molar-refractivity contribution in [2.24, 2.45) is 7.05 Å². The van der Waals surface area contributed by atoms with E-state index >= 15 is 0 Å². The molecule has 0 radical (unpaired) electrons. The highest BCUT2D eigenvalue weighted by Crippen LogP contribution is 2.37. The van der Waals surface area contributed by atoms with Crippen LogP contribution >= 0.6 is 11.6 Å². The van der Waals surface area contributed by atoms with Gasteiger partial charge in [0.1, 0.15) is 5.69 Å². The van der Waals surface area contributed by atoms with E-state index in [0.717, 1.165) is 11.1 Å². The maximum atomic E-state index is 13.5. The summed E-state index contributed by atoms with van der Waals surface area (Å²) in [6.07, 6.45) is 1.47. The Morgan fingerprint density at radius 2 is 1.61 bits per heavy atom. The van der Waals surface area contributed by atoms with Crippen molar-refractivity contribution in [1.29, 1.82) is 0 Å². The lowest BCUT2D eigenvalue weighted by atomic mass is 10.0. The highest BCUT2D eigenvalue weighted by atomic mass is 35.5. The predicted molar refractivity (Wildman–Crippen MR) is 121 cm³/mol. The zero-order valence-corrected chi connectivity index (χ0v) is 18.0. The van der Waals surface area contributed by atoms with Crippen LogP contribution in [-0.4, -0.2) is 26.6 Å². The molecule has 0 N–H and O–H groups in total. The first-order valence-electron chi connectivity index (χ1n) is 9.97. The molecule has 0 spiro atoms. The van der Waals surface area contributed by atoms with Gasteiger partial charge in [0.15, 0.2) is 5.65 Å². The number of aryl methyl sites for hydroxylation is 1. The van der Waals surface area contributed by atoms with Crippen LogP contribution in [0, 0.1) is 0 Å². The maximum absolute atomic E-state index is 13.5. The first kappa shape index (κ1) is 19.5. The lowest BCUT2D eigenvalue weighted by molar-refractivity contribution is 0.0926. The Labute approximate surface area is 184 Å². The highest BCUT2D eigenvalue weighted by Gasteiger charge is 2.40. The summed E-state index contributed by atoms with van der Waals surface area (Å²) in [6, 6.07) is 14.7. The van der Waals surface area contributed by atoms with E-state index in [1.54, 1.807) is 23.9 Å². The van der Waals surface area contributed by atoms with Gasteiger partial charge in [-0.2, -0.15) is 5.10 Å². The largest absolute Gasteiger partial charge is 0.268 e. The molecule has 2 amide bonds. The van der Waals surface area contributed by atoms with Crippen LogP contribution in [0.1, 0.15) is 46.0 Å². The van der Waals surface area contributed by atoms with E-state index < -0.39 is 0 Å². The molecule has 3 heterocycles. The van der Waals surface area contributed by atoms with Crippen LogP contribution in [0.3, 0.4) is 0 Å². The quantitative estimate of drug-likeness (QED) is 0.418. The summed E-state index contributed by atoms with van der Waals surface area (Å²) >= 11 is 6.03. The summed E-state index contributed by atoms with van der Waals surface area (Å²) in [5.41, 5.74) is 4.24. The van der Waals surface area contributed by atoms with Crippen LogP contribution in [0.15, 0.2) is 54.7 Å². The van der Waals surface area contributed by atoms with E-state index in [9.17, 15) is 9.59 Å². The minimum atomic E-state index is -0.377. The van der Waals surface area contributed by atoms with Crippen molar-refractivity contribution in [2.45, 2.75) is 19.8 Å². The zero-order valence-electron chi connectivity index (χ0n) is 17.3. The van der Waals surface area contributed by atoms with Gasteiger partial charge in [-0.15, -0.1) is 0 Å². The molecule has 0 aliphatic carbocycles. The highest BCUT2D eigenvalue weighted by molar-refractivity contribution is 6.38. The Morgan fingerprint density at radius 3 is 2.26 bits per heavy atom. The van der Waals surface area contributed by atoms with Gasteiger partial charge in [-0.25, -0.2) is 14.6 Å². The van der Waals surface area contributed by atoms with Crippen molar-refractivity contribution in [1.82, 2.24) is 14.8 Å². The number of hydrogen-bond donors (Lipinski definition) is 0. The van der Waals surface area contributed by atoms with E-state index in [-0.39, 0.29) is 17.4 Å². The van der Waals surface area contributed by atoms with E-state index in [2.05, 4.69) is 23.9 Å². The molecular formula is C24H19ClN4O2. The van der Waals surface area contributed by atoms with Gasteiger partial charge < -0.3 is 0 Å². The third-order valence-electron chi connectivity index (χ3n) is 5.64. The van der Waals surface area contributed by atoms with E-state index in [4.69, 9.17) is 11.6 Å². The Morgan fingerprint density at radius 1 is 0.935 bits per heavy atom. The van der Waals surface area contributed by atoms with Gasteiger partial charge in [-0.3, -0.25) is 9.59 Å². The molecule has 7 heteroatoms. The van der Waals surface area contributed by atoms with Crippen LogP contribution in [0.25, 0.3) is 22.3 Å². The summed E-state index contributed by atoms with van der Waals surface area (Å²) in [5, 5.41) is 5.76. The van der Waals surface area contributed by atoms with Crippen LogP contribution in [0.5, 0.6) is 0 Å². The lowest BCUT2D eigenvalue weighted by Gasteiger charge is -2.15. The average Bonchev–Trinajstić information content (AvgIpc) is 3.23. The number of imide groups is 1. The molecule has 0 fully saturated rings. The molecule has 0 saturated heterocycles. The summed E-state index contributed by atoms with van der Waals surface area (Å²) in [7, 11) is 1.77. The molecule has 154 valence electrons. The smallest absolute Gasteiger partial charge is 0.267 e. The number of benzene rings is 2. The lowest BCUT2D eigenvalue weighted by Crippen LogP contribution is -2.29. The van der Waals surface area contributed by atoms with Gasteiger partial charge >= 0.3 is 0 Å². The number of hydrogen-bond acceptors (Lipinski definition) is 4. The molecule has 6 nitrogen and oxygen atoms in total. The van der Waals surface area contributed by atoms with Crippen molar-refractivity contribution in [3.63, 3.8) is 0 Å². The molecule has 5 rings (SSSR count). The van der Waals surface area contributed by atoms with Gasteiger partial charge in [-0.05, 0) is 35.7 Å². The Bertz CT molecular complexity index is 1360. The van der Waals surface area contributed by atoms with Crippen molar-refractivity contribution in [3.05, 3.63) is 76.4 Å².